The molecule has 0 amide bonds. The van der Waals surface area contributed by atoms with Crippen LogP contribution in [0.1, 0.15) is 6.92 Å². The van der Waals surface area contributed by atoms with E-state index < -0.39 is 4.92 Å². The van der Waals surface area contributed by atoms with Crippen LogP contribution in [-0.4, -0.2) is 35.5 Å². The first-order valence-electron chi connectivity index (χ1n) is 6.55. The van der Waals surface area contributed by atoms with Gasteiger partial charge in [-0.1, -0.05) is 12.1 Å². The molecule has 0 radical (unpaired) electrons. The average molecular weight is 287 g/mol. The maximum Gasteiger partial charge on any atom is 0.337 e. The highest BCUT2D eigenvalue weighted by Crippen LogP contribution is 2.33. The number of nitro groups is 1. The lowest BCUT2D eigenvalue weighted by atomic mass is 10.1. The van der Waals surface area contributed by atoms with E-state index in [-0.39, 0.29) is 11.5 Å². The van der Waals surface area contributed by atoms with E-state index in [1.807, 2.05) is 50.2 Å². The highest BCUT2D eigenvalue weighted by molar-refractivity contribution is 5.77. The van der Waals surface area contributed by atoms with E-state index in [4.69, 9.17) is 0 Å². The second-order valence-electron chi connectivity index (χ2n) is 4.65. The van der Waals surface area contributed by atoms with Crippen LogP contribution in [0.5, 0.6) is 0 Å². The highest BCUT2D eigenvalue weighted by atomic mass is 16.6. The molecule has 0 saturated carbocycles. The monoisotopic (exact) mass is 287 g/mol. The number of rotatable bonds is 5. The maximum atomic E-state index is 11.3. The van der Waals surface area contributed by atoms with E-state index in [2.05, 4.69) is 15.3 Å². The molecule has 0 bridgehead atoms. The Bertz CT molecular complexity index is 640. The van der Waals surface area contributed by atoms with Crippen LogP contribution >= 0.6 is 0 Å². The first-order chi connectivity index (χ1) is 10.0. The minimum absolute atomic E-state index is 0.100. The predicted molar refractivity (Wildman–Crippen MR) is 82.6 cm³/mol. The van der Waals surface area contributed by atoms with Crippen molar-refractivity contribution in [3.63, 3.8) is 0 Å². The summed E-state index contributed by atoms with van der Waals surface area (Å²) in [6, 6.07) is 7.43. The van der Waals surface area contributed by atoms with Crippen LogP contribution in [-0.2, 0) is 0 Å². The summed E-state index contributed by atoms with van der Waals surface area (Å²) < 4.78 is 0. The number of aromatic nitrogens is 2. The SMILES string of the molecule is CCNc1ncnc(-c2ccc(N(C)C)cc2)c1[N+](=O)[O-]. The number of nitrogens with one attached hydrogen (secondary N) is 1. The van der Waals surface area contributed by atoms with E-state index in [1.165, 1.54) is 6.33 Å². The molecule has 0 unspecified atom stereocenters. The summed E-state index contributed by atoms with van der Waals surface area (Å²) in [5.74, 6) is 0.240. The number of hydrogen-bond acceptors (Lipinski definition) is 6. The summed E-state index contributed by atoms with van der Waals surface area (Å²) in [4.78, 5) is 20.9. The standard InChI is InChI=1S/C14H17N5O2/c1-4-15-14-13(19(20)21)12(16-9-17-14)10-5-7-11(8-6-10)18(2)3/h5-9H,4H2,1-3H3,(H,15,16,17). The normalized spacial score (nSPS) is 10.2. The van der Waals surface area contributed by atoms with Gasteiger partial charge in [-0.2, -0.15) is 0 Å². The molecule has 1 aromatic heterocycles. The fraction of sp³-hybridized carbons (Fsp3) is 0.286. The Kier molecular flexibility index (Phi) is 4.32. The average Bonchev–Trinajstić information content (AvgIpc) is 2.47. The summed E-state index contributed by atoms with van der Waals surface area (Å²) in [6.45, 7) is 2.41. The Hall–Kier alpha value is -2.70. The van der Waals surface area contributed by atoms with Crippen molar-refractivity contribution >= 4 is 17.2 Å². The topological polar surface area (TPSA) is 84.2 Å². The Balaban J connectivity index is 2.52. The third-order valence-electron chi connectivity index (χ3n) is 3.01. The zero-order valence-electron chi connectivity index (χ0n) is 12.2. The lowest BCUT2D eigenvalue weighted by Gasteiger charge is -2.13. The van der Waals surface area contributed by atoms with Gasteiger partial charge in [-0.25, -0.2) is 9.97 Å². The van der Waals surface area contributed by atoms with Gasteiger partial charge < -0.3 is 10.2 Å². The summed E-state index contributed by atoms with van der Waals surface area (Å²) in [5, 5.41) is 14.2. The zero-order valence-corrected chi connectivity index (χ0v) is 12.2. The van der Waals surface area contributed by atoms with Gasteiger partial charge in [-0.15, -0.1) is 0 Å². The van der Waals surface area contributed by atoms with E-state index in [9.17, 15) is 10.1 Å². The Morgan fingerprint density at radius 2 is 1.90 bits per heavy atom. The smallest absolute Gasteiger partial charge is 0.337 e. The third kappa shape index (κ3) is 3.07. The van der Waals surface area contributed by atoms with Crippen molar-refractivity contribution in [3.05, 3.63) is 40.7 Å². The highest BCUT2D eigenvalue weighted by Gasteiger charge is 2.23. The van der Waals surface area contributed by atoms with Crippen molar-refractivity contribution in [2.75, 3.05) is 30.9 Å². The molecule has 0 spiro atoms. The van der Waals surface area contributed by atoms with Gasteiger partial charge in [0.15, 0.2) is 5.69 Å². The largest absolute Gasteiger partial charge is 0.378 e. The van der Waals surface area contributed by atoms with Gasteiger partial charge in [0, 0.05) is 31.9 Å². The lowest BCUT2D eigenvalue weighted by Crippen LogP contribution is -2.08. The first kappa shape index (κ1) is 14.7. The quantitative estimate of drug-likeness (QED) is 0.672. The van der Waals surface area contributed by atoms with Gasteiger partial charge in [0.25, 0.3) is 0 Å². The molecule has 0 aliphatic rings. The van der Waals surface area contributed by atoms with Gasteiger partial charge >= 0.3 is 5.69 Å². The first-order valence-corrected chi connectivity index (χ1v) is 6.55. The molecule has 110 valence electrons. The molecule has 0 aliphatic carbocycles. The lowest BCUT2D eigenvalue weighted by molar-refractivity contribution is -0.383. The molecular formula is C14H17N5O2. The molecule has 0 aliphatic heterocycles. The van der Waals surface area contributed by atoms with Crippen molar-refractivity contribution in [2.45, 2.75) is 6.92 Å². The third-order valence-corrected chi connectivity index (χ3v) is 3.01. The van der Waals surface area contributed by atoms with Crippen molar-refractivity contribution < 1.29 is 4.92 Å². The minimum atomic E-state index is -0.451. The summed E-state index contributed by atoms with van der Waals surface area (Å²) in [6.07, 6.45) is 1.33. The Morgan fingerprint density at radius 1 is 1.24 bits per heavy atom. The van der Waals surface area contributed by atoms with Gasteiger partial charge in [0.1, 0.15) is 6.33 Å². The number of benzene rings is 1. The molecule has 1 heterocycles. The van der Waals surface area contributed by atoms with E-state index in [1.54, 1.807) is 0 Å². The molecule has 21 heavy (non-hydrogen) atoms. The van der Waals surface area contributed by atoms with Gasteiger partial charge in [-0.3, -0.25) is 10.1 Å². The van der Waals surface area contributed by atoms with Crippen molar-refractivity contribution in [1.82, 2.24) is 9.97 Å². The number of hydrogen-bond donors (Lipinski definition) is 1. The predicted octanol–water partition coefficient (Wildman–Crippen LogP) is 2.55. The minimum Gasteiger partial charge on any atom is -0.378 e. The van der Waals surface area contributed by atoms with Crippen molar-refractivity contribution in [3.8, 4) is 11.3 Å². The van der Waals surface area contributed by atoms with Gasteiger partial charge in [0.2, 0.25) is 5.82 Å². The second kappa shape index (κ2) is 6.17. The van der Waals surface area contributed by atoms with Crippen molar-refractivity contribution in [1.29, 1.82) is 0 Å². The molecule has 1 aromatic carbocycles. The number of anilines is 2. The molecule has 2 aromatic rings. The molecule has 7 nitrogen and oxygen atoms in total. The molecule has 1 N–H and O–H groups in total. The second-order valence-corrected chi connectivity index (χ2v) is 4.65. The summed E-state index contributed by atoms with van der Waals surface area (Å²) in [5.41, 5.74) is 1.92. The Morgan fingerprint density at radius 3 is 2.43 bits per heavy atom. The summed E-state index contributed by atoms with van der Waals surface area (Å²) >= 11 is 0. The molecule has 0 saturated heterocycles. The van der Waals surface area contributed by atoms with Crippen LogP contribution in [0.3, 0.4) is 0 Å². The van der Waals surface area contributed by atoms with Gasteiger partial charge in [-0.05, 0) is 19.1 Å². The number of nitrogens with zero attached hydrogens (tertiary/aromatic N) is 4. The summed E-state index contributed by atoms with van der Waals surface area (Å²) in [7, 11) is 3.87. The molecule has 2 rings (SSSR count). The maximum absolute atomic E-state index is 11.3. The molecule has 0 atom stereocenters. The Labute approximate surface area is 122 Å². The van der Waals surface area contributed by atoms with E-state index >= 15 is 0 Å². The molecular weight excluding hydrogens is 270 g/mol. The molecule has 7 heteroatoms. The van der Waals surface area contributed by atoms with E-state index in [0.717, 1.165) is 5.69 Å². The fourth-order valence-electron chi connectivity index (χ4n) is 1.98. The van der Waals surface area contributed by atoms with E-state index in [0.29, 0.717) is 17.8 Å². The van der Waals surface area contributed by atoms with Crippen LogP contribution in [0.4, 0.5) is 17.2 Å². The van der Waals surface area contributed by atoms with Crippen LogP contribution in [0.2, 0.25) is 0 Å². The van der Waals surface area contributed by atoms with Crippen molar-refractivity contribution in [2.24, 2.45) is 0 Å². The molecule has 0 fully saturated rings. The van der Waals surface area contributed by atoms with Gasteiger partial charge in [0.05, 0.1) is 4.92 Å². The van der Waals surface area contributed by atoms with Crippen LogP contribution in [0.15, 0.2) is 30.6 Å². The fourth-order valence-corrected chi connectivity index (χ4v) is 1.98. The van der Waals surface area contributed by atoms with Crippen LogP contribution < -0.4 is 10.2 Å². The van der Waals surface area contributed by atoms with Crippen LogP contribution in [0, 0.1) is 10.1 Å². The zero-order chi connectivity index (χ0) is 15.4. The van der Waals surface area contributed by atoms with Crippen LogP contribution in [0.25, 0.3) is 11.3 Å².